The zero-order chi connectivity index (χ0) is 19.1. The minimum absolute atomic E-state index is 0.0682. The second-order valence-electron chi connectivity index (χ2n) is 6.84. The molecule has 0 spiro atoms. The second-order valence-corrected chi connectivity index (χ2v) is 6.84. The lowest BCUT2D eigenvalue weighted by molar-refractivity contribution is -0.127. The van der Waals surface area contributed by atoms with Gasteiger partial charge in [0.2, 0.25) is 5.91 Å². The van der Waals surface area contributed by atoms with Crippen molar-refractivity contribution in [1.82, 2.24) is 15.5 Å². The Morgan fingerprint density at radius 2 is 2.08 bits per heavy atom. The summed E-state index contributed by atoms with van der Waals surface area (Å²) in [6.45, 7) is 2.00. The number of hydrogen-bond acceptors (Lipinski definition) is 3. The Labute approximate surface area is 154 Å². The summed E-state index contributed by atoms with van der Waals surface area (Å²) in [7, 11) is 4.86. The molecule has 0 radical (unpaired) electrons. The maximum Gasteiger partial charge on any atom is 0.243 e. The summed E-state index contributed by atoms with van der Waals surface area (Å²) >= 11 is 0. The molecule has 1 saturated carbocycles. The van der Waals surface area contributed by atoms with E-state index in [0.717, 1.165) is 18.4 Å². The van der Waals surface area contributed by atoms with Gasteiger partial charge in [-0.1, -0.05) is 18.9 Å². The molecule has 2 rings (SSSR count). The minimum Gasteiger partial charge on any atom is -0.494 e. The Balaban J connectivity index is 2.09. The van der Waals surface area contributed by atoms with E-state index in [4.69, 9.17) is 4.74 Å². The summed E-state index contributed by atoms with van der Waals surface area (Å²) < 4.78 is 18.9. The fraction of sp³-hybridized carbons (Fsp3) is 0.579. The van der Waals surface area contributed by atoms with Gasteiger partial charge in [-0.05, 0) is 37.5 Å². The first-order valence-electron chi connectivity index (χ1n) is 9.01. The van der Waals surface area contributed by atoms with Crippen molar-refractivity contribution in [2.75, 3.05) is 27.7 Å². The first-order chi connectivity index (χ1) is 12.4. The van der Waals surface area contributed by atoms with Gasteiger partial charge in [0.05, 0.1) is 13.2 Å². The molecule has 1 aromatic rings. The van der Waals surface area contributed by atoms with Crippen LogP contribution in [0.1, 0.15) is 44.2 Å². The molecule has 6 nitrogen and oxygen atoms in total. The third-order valence-corrected chi connectivity index (χ3v) is 4.60. The second kappa shape index (κ2) is 9.40. The molecular formula is C19H29FN4O2. The van der Waals surface area contributed by atoms with E-state index in [1.807, 2.05) is 13.0 Å². The lowest BCUT2D eigenvalue weighted by atomic mass is 10.1. The largest absolute Gasteiger partial charge is 0.494 e. The summed E-state index contributed by atoms with van der Waals surface area (Å²) in [5.74, 6) is 0.329. The van der Waals surface area contributed by atoms with E-state index in [9.17, 15) is 9.18 Å². The summed E-state index contributed by atoms with van der Waals surface area (Å²) in [5, 5.41) is 6.68. The predicted octanol–water partition coefficient (Wildman–Crippen LogP) is 2.46. The Bertz CT molecular complexity index is 642. The number of nitrogens with one attached hydrogen (secondary N) is 2. The van der Waals surface area contributed by atoms with Crippen LogP contribution in [-0.2, 0) is 4.79 Å². The number of carbonyl (C=O) groups is 1. The van der Waals surface area contributed by atoms with E-state index in [1.54, 1.807) is 20.2 Å². The molecule has 26 heavy (non-hydrogen) atoms. The number of rotatable bonds is 6. The van der Waals surface area contributed by atoms with Crippen LogP contribution in [0.25, 0.3) is 0 Å². The summed E-state index contributed by atoms with van der Waals surface area (Å²) in [6.07, 6.45) is 4.57. The van der Waals surface area contributed by atoms with Crippen LogP contribution in [0.2, 0.25) is 0 Å². The van der Waals surface area contributed by atoms with Crippen molar-refractivity contribution in [2.45, 2.75) is 44.7 Å². The van der Waals surface area contributed by atoms with Crippen molar-refractivity contribution in [3.05, 3.63) is 29.6 Å². The van der Waals surface area contributed by atoms with Crippen LogP contribution < -0.4 is 15.4 Å². The lowest BCUT2D eigenvalue weighted by Gasteiger charge is -2.22. The third-order valence-electron chi connectivity index (χ3n) is 4.60. The molecule has 7 heteroatoms. The van der Waals surface area contributed by atoms with Gasteiger partial charge in [-0.15, -0.1) is 0 Å². The fourth-order valence-electron chi connectivity index (χ4n) is 2.92. The topological polar surface area (TPSA) is 66.0 Å². The summed E-state index contributed by atoms with van der Waals surface area (Å²) in [5.41, 5.74) is 0.781. The van der Waals surface area contributed by atoms with E-state index in [1.165, 1.54) is 30.9 Å². The first kappa shape index (κ1) is 20.0. The molecule has 1 aliphatic carbocycles. The Morgan fingerprint density at radius 1 is 1.38 bits per heavy atom. The molecule has 1 aromatic carbocycles. The van der Waals surface area contributed by atoms with E-state index in [2.05, 4.69) is 15.6 Å². The number of methoxy groups -OCH3 is 1. The zero-order valence-corrected chi connectivity index (χ0v) is 16.0. The van der Waals surface area contributed by atoms with Crippen LogP contribution in [0.5, 0.6) is 5.75 Å². The molecule has 0 saturated heterocycles. The lowest BCUT2D eigenvalue weighted by Crippen LogP contribution is -2.44. The quantitative estimate of drug-likeness (QED) is 0.601. The predicted molar refractivity (Wildman–Crippen MR) is 101 cm³/mol. The molecule has 1 fully saturated rings. The number of benzene rings is 1. The molecule has 1 atom stereocenters. The molecule has 0 heterocycles. The number of aliphatic imine (C=N–C) groups is 1. The molecule has 2 N–H and O–H groups in total. The summed E-state index contributed by atoms with van der Waals surface area (Å²) in [4.78, 5) is 17.8. The van der Waals surface area contributed by atoms with Gasteiger partial charge in [0.15, 0.2) is 17.5 Å². The van der Waals surface area contributed by atoms with Gasteiger partial charge in [0.1, 0.15) is 6.54 Å². The molecule has 0 bridgehead atoms. The first-order valence-corrected chi connectivity index (χ1v) is 9.01. The van der Waals surface area contributed by atoms with Gasteiger partial charge in [0, 0.05) is 20.1 Å². The summed E-state index contributed by atoms with van der Waals surface area (Å²) in [6, 6.07) is 5.07. The number of halogens is 1. The van der Waals surface area contributed by atoms with Gasteiger partial charge in [-0.25, -0.2) is 9.38 Å². The monoisotopic (exact) mass is 364 g/mol. The van der Waals surface area contributed by atoms with E-state index in [-0.39, 0.29) is 24.2 Å². The molecule has 0 aliphatic heterocycles. The van der Waals surface area contributed by atoms with Crippen LogP contribution in [0, 0.1) is 5.82 Å². The standard InChI is InChI=1S/C19H29FN4O2/c1-13(14-9-10-17(26-4)16(20)11-14)22-19(21-12-18(25)24(2)3)23-15-7-5-6-8-15/h9-11,13,15H,5-8,12H2,1-4H3,(H2,21,22,23). The van der Waals surface area contributed by atoms with Crippen LogP contribution in [0.4, 0.5) is 4.39 Å². The van der Waals surface area contributed by atoms with Crippen molar-refractivity contribution in [1.29, 1.82) is 0 Å². The average molecular weight is 364 g/mol. The van der Waals surface area contributed by atoms with E-state index >= 15 is 0 Å². The number of carbonyl (C=O) groups excluding carboxylic acids is 1. The van der Waals surface area contributed by atoms with Crippen molar-refractivity contribution in [2.24, 2.45) is 4.99 Å². The van der Waals surface area contributed by atoms with Crippen LogP contribution >= 0.6 is 0 Å². The minimum atomic E-state index is -0.399. The van der Waals surface area contributed by atoms with Crippen LogP contribution in [0.15, 0.2) is 23.2 Å². The number of nitrogens with zero attached hydrogens (tertiary/aromatic N) is 2. The fourth-order valence-corrected chi connectivity index (χ4v) is 2.92. The van der Waals surface area contributed by atoms with Gasteiger partial charge >= 0.3 is 0 Å². The molecule has 144 valence electrons. The normalized spacial score (nSPS) is 16.3. The number of guanidine groups is 1. The molecule has 0 aromatic heterocycles. The van der Waals surface area contributed by atoms with Crippen molar-refractivity contribution < 1.29 is 13.9 Å². The molecular weight excluding hydrogens is 335 g/mol. The third kappa shape index (κ3) is 5.61. The zero-order valence-electron chi connectivity index (χ0n) is 16.0. The highest BCUT2D eigenvalue weighted by atomic mass is 19.1. The average Bonchev–Trinajstić information content (AvgIpc) is 3.12. The number of ether oxygens (including phenoxy) is 1. The maximum absolute atomic E-state index is 14.0. The number of amides is 1. The number of likely N-dealkylation sites (N-methyl/N-ethyl adjacent to an activating group) is 1. The maximum atomic E-state index is 14.0. The smallest absolute Gasteiger partial charge is 0.243 e. The van der Waals surface area contributed by atoms with Crippen molar-refractivity contribution >= 4 is 11.9 Å². The van der Waals surface area contributed by atoms with Gasteiger partial charge in [-0.3, -0.25) is 4.79 Å². The van der Waals surface area contributed by atoms with E-state index < -0.39 is 5.82 Å². The van der Waals surface area contributed by atoms with Crippen LogP contribution in [-0.4, -0.2) is 50.6 Å². The SMILES string of the molecule is COc1ccc(C(C)NC(=NCC(=O)N(C)C)NC2CCCC2)cc1F. The van der Waals surface area contributed by atoms with Gasteiger partial charge in [0.25, 0.3) is 0 Å². The highest BCUT2D eigenvalue weighted by Gasteiger charge is 2.18. The number of hydrogen-bond donors (Lipinski definition) is 2. The van der Waals surface area contributed by atoms with Gasteiger partial charge < -0.3 is 20.3 Å². The molecule has 1 unspecified atom stereocenters. The van der Waals surface area contributed by atoms with E-state index in [0.29, 0.717) is 12.0 Å². The molecule has 1 amide bonds. The van der Waals surface area contributed by atoms with Crippen LogP contribution in [0.3, 0.4) is 0 Å². The van der Waals surface area contributed by atoms with Gasteiger partial charge in [-0.2, -0.15) is 0 Å². The highest BCUT2D eigenvalue weighted by molar-refractivity contribution is 5.85. The Hall–Kier alpha value is -2.31. The van der Waals surface area contributed by atoms with Crippen molar-refractivity contribution in [3.63, 3.8) is 0 Å². The molecule has 1 aliphatic rings. The van der Waals surface area contributed by atoms with Crippen molar-refractivity contribution in [3.8, 4) is 5.75 Å². The Kier molecular flexibility index (Phi) is 7.24. The Morgan fingerprint density at radius 3 is 2.65 bits per heavy atom. The highest BCUT2D eigenvalue weighted by Crippen LogP contribution is 2.22.